The Hall–Kier alpha value is -1.95. The van der Waals surface area contributed by atoms with E-state index in [1.54, 1.807) is 18.2 Å². The minimum Gasteiger partial charge on any atom is -0.480 e. The molecule has 1 aliphatic rings. The van der Waals surface area contributed by atoms with Crippen molar-refractivity contribution < 1.29 is 14.8 Å². The number of para-hydroxylation sites is 1. The van der Waals surface area contributed by atoms with Gasteiger partial charge >= 0.3 is 5.97 Å². The lowest BCUT2D eigenvalue weighted by molar-refractivity contribution is -0.385. The van der Waals surface area contributed by atoms with Gasteiger partial charge in [-0.05, 0) is 24.8 Å². The molecule has 2 rings (SSSR count). The van der Waals surface area contributed by atoms with Gasteiger partial charge in [0.15, 0.2) is 0 Å². The van der Waals surface area contributed by atoms with Crippen LogP contribution in [0.15, 0.2) is 24.3 Å². The number of hydrogen-bond donors (Lipinski definition) is 1. The molecule has 0 aromatic heterocycles. The molecule has 0 saturated carbocycles. The zero-order valence-electron chi connectivity index (χ0n) is 12.3. The van der Waals surface area contributed by atoms with E-state index in [1.807, 2.05) is 18.7 Å². The molecular formula is C15H20N2O4. The van der Waals surface area contributed by atoms with Crippen LogP contribution in [0.1, 0.15) is 32.3 Å². The number of rotatable bonds is 4. The Balaban J connectivity index is 2.29. The SMILES string of the molecule is CC1(C)CCCN(Cc2ccccc2[N+](=O)[O-])C1C(=O)O. The fourth-order valence-corrected chi connectivity index (χ4v) is 3.20. The van der Waals surface area contributed by atoms with Crippen molar-refractivity contribution >= 4 is 11.7 Å². The Labute approximate surface area is 123 Å². The fraction of sp³-hybridized carbons (Fsp3) is 0.533. The molecule has 0 radical (unpaired) electrons. The molecule has 1 atom stereocenters. The summed E-state index contributed by atoms with van der Waals surface area (Å²) in [5, 5.41) is 20.6. The Morgan fingerprint density at radius 3 is 2.76 bits per heavy atom. The Morgan fingerprint density at radius 2 is 2.14 bits per heavy atom. The summed E-state index contributed by atoms with van der Waals surface area (Å²) in [6.07, 6.45) is 1.74. The van der Waals surface area contributed by atoms with Gasteiger partial charge in [-0.15, -0.1) is 0 Å². The van der Waals surface area contributed by atoms with Gasteiger partial charge in [0.05, 0.1) is 4.92 Å². The summed E-state index contributed by atoms with van der Waals surface area (Å²) < 4.78 is 0. The van der Waals surface area contributed by atoms with Crippen molar-refractivity contribution in [3.8, 4) is 0 Å². The molecular weight excluding hydrogens is 272 g/mol. The summed E-state index contributed by atoms with van der Waals surface area (Å²) in [7, 11) is 0. The van der Waals surface area contributed by atoms with Crippen LogP contribution < -0.4 is 0 Å². The second kappa shape index (κ2) is 5.81. The Bertz CT molecular complexity index is 556. The molecule has 6 heteroatoms. The molecule has 21 heavy (non-hydrogen) atoms. The van der Waals surface area contributed by atoms with Crippen LogP contribution in [0.2, 0.25) is 0 Å². The summed E-state index contributed by atoms with van der Waals surface area (Å²) in [6, 6.07) is 5.90. The van der Waals surface area contributed by atoms with Crippen molar-refractivity contribution in [3.05, 3.63) is 39.9 Å². The molecule has 114 valence electrons. The molecule has 1 unspecified atom stereocenters. The molecule has 1 N–H and O–H groups in total. The normalized spacial score (nSPS) is 21.9. The second-order valence-electron chi connectivity index (χ2n) is 6.19. The maximum Gasteiger partial charge on any atom is 0.321 e. The predicted octanol–water partition coefficient (Wildman–Crippen LogP) is 2.67. The molecule has 0 spiro atoms. The van der Waals surface area contributed by atoms with Crippen molar-refractivity contribution in [3.63, 3.8) is 0 Å². The first-order valence-corrected chi connectivity index (χ1v) is 7.02. The molecule has 1 saturated heterocycles. The van der Waals surface area contributed by atoms with Gasteiger partial charge in [0.25, 0.3) is 5.69 Å². The van der Waals surface area contributed by atoms with Crippen molar-refractivity contribution in [1.29, 1.82) is 0 Å². The van der Waals surface area contributed by atoms with Crippen LogP contribution >= 0.6 is 0 Å². The van der Waals surface area contributed by atoms with Crippen LogP contribution in [0.3, 0.4) is 0 Å². The van der Waals surface area contributed by atoms with Crippen LogP contribution in [-0.2, 0) is 11.3 Å². The van der Waals surface area contributed by atoms with Crippen LogP contribution in [0.25, 0.3) is 0 Å². The lowest BCUT2D eigenvalue weighted by Crippen LogP contribution is -2.53. The fourth-order valence-electron chi connectivity index (χ4n) is 3.20. The molecule has 1 aromatic rings. The Morgan fingerprint density at radius 1 is 1.48 bits per heavy atom. The highest BCUT2D eigenvalue weighted by molar-refractivity contribution is 5.74. The lowest BCUT2D eigenvalue weighted by Gasteiger charge is -2.44. The van der Waals surface area contributed by atoms with Gasteiger partial charge in [-0.1, -0.05) is 32.0 Å². The number of carboxylic acid groups (broad SMARTS) is 1. The van der Waals surface area contributed by atoms with Gasteiger partial charge in [-0.3, -0.25) is 19.8 Å². The lowest BCUT2D eigenvalue weighted by atomic mass is 9.76. The van der Waals surface area contributed by atoms with E-state index in [-0.39, 0.29) is 17.6 Å². The third-order valence-corrected chi connectivity index (χ3v) is 4.17. The third-order valence-electron chi connectivity index (χ3n) is 4.17. The van der Waals surface area contributed by atoms with Crippen LogP contribution in [0, 0.1) is 15.5 Å². The van der Waals surface area contributed by atoms with Crippen molar-refractivity contribution in [2.24, 2.45) is 5.41 Å². The van der Waals surface area contributed by atoms with E-state index < -0.39 is 16.9 Å². The zero-order valence-corrected chi connectivity index (χ0v) is 12.3. The number of benzene rings is 1. The largest absolute Gasteiger partial charge is 0.480 e. The smallest absolute Gasteiger partial charge is 0.321 e. The first-order valence-electron chi connectivity index (χ1n) is 7.02. The number of hydrogen-bond acceptors (Lipinski definition) is 4. The number of piperidine rings is 1. The number of carbonyl (C=O) groups is 1. The summed E-state index contributed by atoms with van der Waals surface area (Å²) in [4.78, 5) is 24.1. The molecule has 1 heterocycles. The van der Waals surface area contributed by atoms with Crippen molar-refractivity contribution in [2.75, 3.05) is 6.54 Å². The number of nitrogens with zero attached hydrogens (tertiary/aromatic N) is 2. The van der Waals surface area contributed by atoms with Gasteiger partial charge < -0.3 is 5.11 Å². The van der Waals surface area contributed by atoms with E-state index in [0.29, 0.717) is 12.1 Å². The zero-order chi connectivity index (χ0) is 15.6. The van der Waals surface area contributed by atoms with Gasteiger partial charge in [-0.2, -0.15) is 0 Å². The molecule has 1 aliphatic heterocycles. The monoisotopic (exact) mass is 292 g/mol. The van der Waals surface area contributed by atoms with E-state index in [0.717, 1.165) is 12.8 Å². The molecule has 1 aromatic carbocycles. The van der Waals surface area contributed by atoms with Crippen molar-refractivity contribution in [1.82, 2.24) is 4.90 Å². The molecule has 1 fully saturated rings. The Kier molecular flexibility index (Phi) is 4.27. The standard InChI is InChI=1S/C15H20N2O4/c1-15(2)8-5-9-16(13(15)14(18)19)10-11-6-3-4-7-12(11)17(20)21/h3-4,6-7,13H,5,8-10H2,1-2H3,(H,18,19). The first kappa shape index (κ1) is 15.4. The van der Waals surface area contributed by atoms with E-state index in [9.17, 15) is 20.0 Å². The van der Waals surface area contributed by atoms with Crippen LogP contribution in [0.4, 0.5) is 5.69 Å². The summed E-state index contributed by atoms with van der Waals surface area (Å²) in [5.74, 6) is -0.863. The number of carboxylic acids is 1. The first-order chi connectivity index (χ1) is 9.83. The number of nitro groups is 1. The molecule has 0 amide bonds. The minimum absolute atomic E-state index is 0.0463. The average Bonchev–Trinajstić information content (AvgIpc) is 2.37. The van der Waals surface area contributed by atoms with Gasteiger partial charge in [0.1, 0.15) is 6.04 Å². The topological polar surface area (TPSA) is 83.7 Å². The summed E-state index contributed by atoms with van der Waals surface area (Å²) in [6.45, 7) is 4.82. The van der Waals surface area contributed by atoms with E-state index in [4.69, 9.17) is 0 Å². The highest BCUT2D eigenvalue weighted by Gasteiger charge is 2.42. The predicted molar refractivity (Wildman–Crippen MR) is 77.9 cm³/mol. The summed E-state index contributed by atoms with van der Waals surface area (Å²) >= 11 is 0. The van der Waals surface area contributed by atoms with Gasteiger partial charge in [-0.25, -0.2) is 0 Å². The van der Waals surface area contributed by atoms with E-state index >= 15 is 0 Å². The maximum atomic E-state index is 11.6. The quantitative estimate of drug-likeness (QED) is 0.681. The molecule has 6 nitrogen and oxygen atoms in total. The van der Waals surface area contributed by atoms with Crippen LogP contribution in [0.5, 0.6) is 0 Å². The number of nitro benzene ring substituents is 1. The highest BCUT2D eigenvalue weighted by Crippen LogP contribution is 2.36. The molecule has 0 aliphatic carbocycles. The van der Waals surface area contributed by atoms with Gasteiger partial charge in [0.2, 0.25) is 0 Å². The maximum absolute atomic E-state index is 11.6. The third kappa shape index (κ3) is 3.21. The van der Waals surface area contributed by atoms with Gasteiger partial charge in [0, 0.05) is 18.2 Å². The second-order valence-corrected chi connectivity index (χ2v) is 6.19. The van der Waals surface area contributed by atoms with Crippen molar-refractivity contribution in [2.45, 2.75) is 39.3 Å². The summed E-state index contributed by atoms with van der Waals surface area (Å²) in [5.41, 5.74) is 0.268. The molecule has 0 bridgehead atoms. The van der Waals surface area contributed by atoms with E-state index in [2.05, 4.69) is 0 Å². The highest BCUT2D eigenvalue weighted by atomic mass is 16.6. The van der Waals surface area contributed by atoms with E-state index in [1.165, 1.54) is 6.07 Å². The number of likely N-dealkylation sites (tertiary alicyclic amines) is 1. The average molecular weight is 292 g/mol. The number of aliphatic carboxylic acids is 1. The minimum atomic E-state index is -0.863. The van der Waals surface area contributed by atoms with Crippen LogP contribution in [-0.4, -0.2) is 33.5 Å².